The normalized spacial score (nSPS) is 19.7. The third kappa shape index (κ3) is 8.40. The number of alkyl halides is 5. The number of nitrogens with zero attached hydrogens (tertiary/aromatic N) is 5. The molecule has 2 N–H and O–H groups in total. The molecule has 2 saturated carbocycles. The molecular weight excluding hydrogens is 549 g/mol. The van der Waals surface area contributed by atoms with Crippen LogP contribution in [0.2, 0.25) is 0 Å². The van der Waals surface area contributed by atoms with E-state index in [9.17, 15) is 31.5 Å². The minimum atomic E-state index is -4.43. The Morgan fingerprint density at radius 1 is 1.17 bits per heavy atom. The summed E-state index contributed by atoms with van der Waals surface area (Å²) in [6.45, 7) is 4.83. The van der Waals surface area contributed by atoms with Crippen LogP contribution in [-0.4, -0.2) is 51.6 Å². The number of amides is 2. The van der Waals surface area contributed by atoms with E-state index in [0.717, 1.165) is 12.8 Å². The van der Waals surface area contributed by atoms with Crippen molar-refractivity contribution in [2.45, 2.75) is 82.5 Å². The number of carbonyl (C=O) groups excluding carboxylic acids is 2. The van der Waals surface area contributed by atoms with Crippen LogP contribution in [0.3, 0.4) is 0 Å². The minimum Gasteiger partial charge on any atom is -0.349 e. The molecule has 0 radical (unpaired) electrons. The van der Waals surface area contributed by atoms with Crippen molar-refractivity contribution in [2.24, 2.45) is 21.8 Å². The lowest BCUT2D eigenvalue weighted by Gasteiger charge is -2.33. The highest BCUT2D eigenvalue weighted by atomic mass is 19.4. The number of aromatic nitrogens is 3. The van der Waals surface area contributed by atoms with E-state index in [2.05, 4.69) is 37.4 Å². The summed E-state index contributed by atoms with van der Waals surface area (Å²) in [6, 6.07) is 0.498. The topological polar surface area (TPSA) is 113 Å². The lowest BCUT2D eigenvalue weighted by atomic mass is 9.81. The number of rotatable bonds is 11. The Balaban J connectivity index is 1.58. The third-order valence-electron chi connectivity index (χ3n) is 7.38. The molecular formula is C27H32F5N7O2. The highest BCUT2D eigenvalue weighted by Gasteiger charge is 2.40. The van der Waals surface area contributed by atoms with Gasteiger partial charge in [-0.3, -0.25) is 14.6 Å². The van der Waals surface area contributed by atoms with Gasteiger partial charge in [-0.2, -0.15) is 18.3 Å². The summed E-state index contributed by atoms with van der Waals surface area (Å²) in [7, 11) is 0. The first-order valence-corrected chi connectivity index (χ1v) is 13.4. The Morgan fingerprint density at radius 2 is 1.85 bits per heavy atom. The summed E-state index contributed by atoms with van der Waals surface area (Å²) >= 11 is 0. The van der Waals surface area contributed by atoms with Gasteiger partial charge in [-0.25, -0.2) is 23.3 Å². The number of hydrogen-bond donors (Lipinski definition) is 2. The van der Waals surface area contributed by atoms with Gasteiger partial charge in [0.05, 0.1) is 36.6 Å². The number of carbonyl (C=O) groups is 2. The molecule has 9 nitrogen and oxygen atoms in total. The number of nitrogens with one attached hydrogen (secondary N) is 2. The highest BCUT2D eigenvalue weighted by Crippen LogP contribution is 2.43. The van der Waals surface area contributed by atoms with Crippen molar-refractivity contribution in [3.63, 3.8) is 0 Å². The van der Waals surface area contributed by atoms with E-state index in [4.69, 9.17) is 0 Å². The quantitative estimate of drug-likeness (QED) is 0.163. The fourth-order valence-corrected chi connectivity index (χ4v) is 4.97. The van der Waals surface area contributed by atoms with Crippen molar-refractivity contribution in [1.82, 2.24) is 25.2 Å². The van der Waals surface area contributed by atoms with Crippen LogP contribution in [0.1, 0.15) is 81.6 Å². The van der Waals surface area contributed by atoms with Gasteiger partial charge in [0.25, 0.3) is 0 Å². The van der Waals surface area contributed by atoms with Crippen molar-refractivity contribution < 1.29 is 31.5 Å². The Labute approximate surface area is 233 Å². The first-order valence-electron chi connectivity index (χ1n) is 13.4. The monoisotopic (exact) mass is 581 g/mol. The molecule has 41 heavy (non-hydrogen) atoms. The van der Waals surface area contributed by atoms with E-state index < -0.39 is 48.8 Å². The Kier molecular flexibility index (Phi) is 9.17. The molecule has 2 aliphatic carbocycles. The number of hydrogen-bond acceptors (Lipinski definition) is 5. The summed E-state index contributed by atoms with van der Waals surface area (Å²) in [6.07, 6.45) is 0.716. The molecule has 4 rings (SSSR count). The van der Waals surface area contributed by atoms with E-state index in [1.165, 1.54) is 23.3 Å². The van der Waals surface area contributed by atoms with Crippen LogP contribution in [0.5, 0.6) is 0 Å². The lowest BCUT2D eigenvalue weighted by molar-refractivity contribution is -0.144. The fourth-order valence-electron chi connectivity index (χ4n) is 4.97. The molecule has 2 fully saturated rings. The number of aliphatic imine (C=N–C) groups is 2. The molecule has 2 amide bonds. The molecule has 0 saturated heterocycles. The summed E-state index contributed by atoms with van der Waals surface area (Å²) in [5.41, 5.74) is 1.69. The van der Waals surface area contributed by atoms with Crippen LogP contribution < -0.4 is 10.6 Å². The Hall–Kier alpha value is -3.71. The fraction of sp³-hybridized carbons (Fsp3) is 0.556. The van der Waals surface area contributed by atoms with Gasteiger partial charge >= 0.3 is 6.18 Å². The van der Waals surface area contributed by atoms with E-state index in [-0.39, 0.29) is 43.1 Å². The van der Waals surface area contributed by atoms with Crippen LogP contribution in [0.15, 0.2) is 40.2 Å². The molecule has 0 bridgehead atoms. The zero-order valence-corrected chi connectivity index (χ0v) is 22.5. The predicted molar refractivity (Wildman–Crippen MR) is 141 cm³/mol. The van der Waals surface area contributed by atoms with Crippen molar-refractivity contribution in [2.75, 3.05) is 0 Å². The van der Waals surface area contributed by atoms with Gasteiger partial charge in [-0.15, -0.1) is 0 Å². The van der Waals surface area contributed by atoms with Crippen molar-refractivity contribution >= 4 is 30.5 Å². The molecule has 2 heterocycles. The zero-order chi connectivity index (χ0) is 29.8. The molecule has 14 heteroatoms. The number of fused-ring (bicyclic) bond motifs is 1. The van der Waals surface area contributed by atoms with Gasteiger partial charge in [0.1, 0.15) is 6.34 Å². The second-order valence-electron chi connectivity index (χ2n) is 10.7. The molecule has 0 aromatic carbocycles. The summed E-state index contributed by atoms with van der Waals surface area (Å²) in [5, 5.41) is 10.0. The molecule has 2 aliphatic rings. The maximum Gasteiger partial charge on any atom is 0.389 e. The highest BCUT2D eigenvalue weighted by molar-refractivity contribution is 5.93. The number of imidazole rings is 1. The van der Waals surface area contributed by atoms with Gasteiger partial charge < -0.3 is 10.6 Å². The van der Waals surface area contributed by atoms with Gasteiger partial charge in [0, 0.05) is 31.0 Å². The molecule has 222 valence electrons. The molecule has 2 aromatic heterocycles. The maximum atomic E-state index is 13.9. The van der Waals surface area contributed by atoms with E-state index in [1.54, 1.807) is 19.2 Å². The van der Waals surface area contributed by atoms with Crippen LogP contribution >= 0.6 is 0 Å². The minimum absolute atomic E-state index is 0.0770. The lowest BCUT2D eigenvalue weighted by Crippen LogP contribution is -2.37. The molecule has 0 unspecified atom stereocenters. The Morgan fingerprint density at radius 3 is 2.49 bits per heavy atom. The SMILES string of the molecule is C=NC=N/C=C(\C)C(=O)N[C@H](c1cn2ncc([C@H](NC(=O)CCC(F)(F)F)C3CC3)cc2n1)C1CCC(F)(F)CC1. The summed E-state index contributed by atoms with van der Waals surface area (Å²) < 4.78 is 67.0. The smallest absolute Gasteiger partial charge is 0.349 e. The molecule has 0 aliphatic heterocycles. The maximum absolute atomic E-state index is 13.9. The molecule has 2 aromatic rings. The second-order valence-corrected chi connectivity index (χ2v) is 10.7. The van der Waals surface area contributed by atoms with Crippen LogP contribution in [0.4, 0.5) is 22.0 Å². The zero-order valence-electron chi connectivity index (χ0n) is 22.5. The predicted octanol–water partition coefficient (Wildman–Crippen LogP) is 5.25. The first-order chi connectivity index (χ1) is 19.3. The van der Waals surface area contributed by atoms with Crippen molar-refractivity contribution in [3.05, 3.63) is 41.5 Å². The van der Waals surface area contributed by atoms with E-state index in [1.807, 2.05) is 0 Å². The molecule has 0 spiro atoms. The van der Waals surface area contributed by atoms with E-state index >= 15 is 0 Å². The second kappa shape index (κ2) is 12.4. The third-order valence-corrected chi connectivity index (χ3v) is 7.38. The summed E-state index contributed by atoms with van der Waals surface area (Å²) in [4.78, 5) is 37.2. The first kappa shape index (κ1) is 30.3. The average Bonchev–Trinajstić information content (AvgIpc) is 3.66. The van der Waals surface area contributed by atoms with E-state index in [0.29, 0.717) is 16.9 Å². The number of halogens is 5. The van der Waals surface area contributed by atoms with Gasteiger partial charge in [-0.1, -0.05) is 0 Å². The van der Waals surface area contributed by atoms with Gasteiger partial charge in [-0.05, 0) is 62.8 Å². The van der Waals surface area contributed by atoms with Crippen LogP contribution in [-0.2, 0) is 9.59 Å². The standard InChI is InChI=1S/C27H32F5N7O2/c1-16(12-34-15-33-2)25(41)38-24(18-5-8-26(28,29)9-6-18)20-14-39-21(36-20)11-19(13-35-39)23(17-3-4-17)37-22(40)7-10-27(30,31)32/h11-15,17-18,23-24H,2-10H2,1H3,(H,37,40)(H,38,41)/b16-12+,34-15?/t23-,24+/m1/s1. The van der Waals surface area contributed by atoms with Crippen molar-refractivity contribution in [1.29, 1.82) is 0 Å². The largest absolute Gasteiger partial charge is 0.389 e. The van der Waals surface area contributed by atoms with Gasteiger partial charge in [0.15, 0.2) is 5.65 Å². The Bertz CT molecular complexity index is 1320. The average molecular weight is 582 g/mol. The van der Waals surface area contributed by atoms with Crippen LogP contribution in [0, 0.1) is 11.8 Å². The molecule has 2 atom stereocenters. The van der Waals surface area contributed by atoms with Crippen molar-refractivity contribution in [3.8, 4) is 0 Å². The van der Waals surface area contributed by atoms with Crippen LogP contribution in [0.25, 0.3) is 5.65 Å². The van der Waals surface area contributed by atoms with Gasteiger partial charge in [0.2, 0.25) is 17.7 Å². The summed E-state index contributed by atoms with van der Waals surface area (Å²) in [5.74, 6) is -4.13.